The van der Waals surface area contributed by atoms with Crippen molar-refractivity contribution in [2.75, 3.05) is 6.54 Å². The summed E-state index contributed by atoms with van der Waals surface area (Å²) in [6.07, 6.45) is 0. The summed E-state index contributed by atoms with van der Waals surface area (Å²) in [5.41, 5.74) is 4.27. The van der Waals surface area contributed by atoms with Gasteiger partial charge in [-0.1, -0.05) is 17.7 Å². The number of thioether (sulfide) groups is 1. The second-order valence-corrected chi connectivity index (χ2v) is 6.06. The van der Waals surface area contributed by atoms with E-state index in [1.165, 1.54) is 5.56 Å². The summed E-state index contributed by atoms with van der Waals surface area (Å²) in [6, 6.07) is 7.83. The van der Waals surface area contributed by atoms with Crippen LogP contribution in [0.4, 0.5) is 11.4 Å². The third kappa shape index (κ3) is 2.85. The molecule has 0 unspecified atom stereocenters. The Kier molecular flexibility index (Phi) is 3.89. The lowest BCUT2D eigenvalue weighted by Crippen LogP contribution is -2.09. The molecule has 0 saturated heterocycles. The lowest BCUT2D eigenvalue weighted by Gasteiger charge is -2.00. The summed E-state index contributed by atoms with van der Waals surface area (Å²) in [4.78, 5) is 15.5. The minimum absolute atomic E-state index is 0.0328. The van der Waals surface area contributed by atoms with Gasteiger partial charge >= 0.3 is 0 Å². The maximum atomic E-state index is 11.3. The Morgan fingerprint density at radius 3 is 2.50 bits per heavy atom. The van der Waals surface area contributed by atoms with Crippen LogP contribution in [0, 0.1) is 20.8 Å². The molecule has 0 bridgehead atoms. The molecule has 0 fully saturated rings. The van der Waals surface area contributed by atoms with Crippen LogP contribution in [0.15, 0.2) is 39.5 Å². The first kappa shape index (κ1) is 14.6. The topological polar surface area (TPSA) is 72.0 Å². The highest BCUT2D eigenvalue weighted by Gasteiger charge is 2.22. The number of nitrogens with zero attached hydrogens (tertiary/aromatic N) is 5. The van der Waals surface area contributed by atoms with Crippen molar-refractivity contribution in [3.05, 3.63) is 41.2 Å². The molecule has 0 aliphatic carbocycles. The highest BCUT2D eigenvalue weighted by atomic mass is 32.2. The zero-order chi connectivity index (χ0) is 15.7. The molecule has 1 aromatic heterocycles. The monoisotopic (exact) mass is 313 g/mol. The van der Waals surface area contributed by atoms with E-state index < -0.39 is 0 Å². The fourth-order valence-electron chi connectivity index (χ4n) is 2.09. The van der Waals surface area contributed by atoms with Crippen LogP contribution in [0.1, 0.15) is 17.0 Å². The summed E-state index contributed by atoms with van der Waals surface area (Å²) in [5, 5.41) is 13.6. The van der Waals surface area contributed by atoms with Gasteiger partial charge < -0.3 is 0 Å². The first-order chi connectivity index (χ1) is 10.5. The normalized spacial score (nSPS) is 14.9. The predicted octanol–water partition coefficient (Wildman–Crippen LogP) is 3.70. The standard InChI is InChI=1S/C15H15N5OS/c1-9-4-6-12(7-5-9)17-18-14-10(2)19-20(11(14)3)15-16-8-13(21)22-15/h4-7H,8H2,1-3H3. The van der Waals surface area contributed by atoms with E-state index in [1.54, 1.807) is 4.68 Å². The molecule has 2 heterocycles. The van der Waals surface area contributed by atoms with Gasteiger partial charge in [-0.25, -0.2) is 4.68 Å². The average molecular weight is 313 g/mol. The average Bonchev–Trinajstić information content (AvgIpc) is 3.03. The third-order valence-electron chi connectivity index (χ3n) is 3.28. The molecule has 2 aromatic rings. The molecule has 0 amide bonds. The van der Waals surface area contributed by atoms with Gasteiger partial charge in [0.2, 0.25) is 5.12 Å². The molecule has 0 saturated carbocycles. The molecule has 0 N–H and O–H groups in total. The largest absolute Gasteiger partial charge is 0.285 e. The first-order valence-corrected chi connectivity index (χ1v) is 7.66. The van der Waals surface area contributed by atoms with Crippen molar-refractivity contribution < 1.29 is 4.79 Å². The van der Waals surface area contributed by atoms with Gasteiger partial charge in [0.05, 0.1) is 17.1 Å². The Balaban J connectivity index is 1.90. The van der Waals surface area contributed by atoms with Crippen LogP contribution < -0.4 is 0 Å². The number of hydrogen-bond acceptors (Lipinski definition) is 6. The molecular formula is C15H15N5OS. The molecule has 0 spiro atoms. The first-order valence-electron chi connectivity index (χ1n) is 6.85. The van der Waals surface area contributed by atoms with Gasteiger partial charge in [0, 0.05) is 0 Å². The van der Waals surface area contributed by atoms with Crippen LogP contribution in [-0.4, -0.2) is 26.6 Å². The van der Waals surface area contributed by atoms with Gasteiger partial charge in [0.15, 0.2) is 5.17 Å². The Bertz CT molecular complexity index is 789. The van der Waals surface area contributed by atoms with Crippen molar-refractivity contribution in [1.29, 1.82) is 0 Å². The number of carbonyl (C=O) groups is 1. The number of carbonyl (C=O) groups excluding carboxylic acids is 1. The second kappa shape index (κ2) is 5.84. The Labute approximate surface area is 132 Å². The van der Waals surface area contributed by atoms with E-state index in [0.717, 1.165) is 28.8 Å². The van der Waals surface area contributed by atoms with E-state index in [9.17, 15) is 4.79 Å². The molecule has 1 aliphatic heterocycles. The lowest BCUT2D eigenvalue weighted by molar-refractivity contribution is -0.109. The SMILES string of the molecule is Cc1ccc(N=Nc2c(C)nn(C3=NCC(=O)S3)c2C)cc1. The number of aromatic nitrogens is 2. The number of hydrogen-bond donors (Lipinski definition) is 0. The van der Waals surface area contributed by atoms with Crippen LogP contribution >= 0.6 is 11.8 Å². The fourth-order valence-corrected chi connectivity index (χ4v) is 2.82. The van der Waals surface area contributed by atoms with Crippen molar-refractivity contribution in [2.24, 2.45) is 15.2 Å². The van der Waals surface area contributed by atoms with Gasteiger partial charge in [-0.05, 0) is 44.7 Å². The van der Waals surface area contributed by atoms with E-state index in [1.807, 2.05) is 45.0 Å². The van der Waals surface area contributed by atoms with Crippen molar-refractivity contribution in [3.63, 3.8) is 0 Å². The number of rotatable bonds is 2. The van der Waals surface area contributed by atoms with E-state index in [-0.39, 0.29) is 11.7 Å². The van der Waals surface area contributed by atoms with Crippen LogP contribution in [0.25, 0.3) is 0 Å². The van der Waals surface area contributed by atoms with E-state index in [4.69, 9.17) is 0 Å². The molecule has 112 valence electrons. The van der Waals surface area contributed by atoms with Gasteiger partial charge in [-0.3, -0.25) is 9.79 Å². The zero-order valence-corrected chi connectivity index (χ0v) is 13.4. The number of benzene rings is 1. The molecule has 7 heteroatoms. The summed E-state index contributed by atoms with van der Waals surface area (Å²) >= 11 is 1.11. The van der Waals surface area contributed by atoms with Crippen LogP contribution in [0.5, 0.6) is 0 Å². The molecule has 1 aromatic carbocycles. The summed E-state index contributed by atoms with van der Waals surface area (Å²) in [5.74, 6) is 0. The number of aryl methyl sites for hydroxylation is 2. The van der Waals surface area contributed by atoms with Crippen LogP contribution in [0.3, 0.4) is 0 Å². The van der Waals surface area contributed by atoms with Crippen molar-refractivity contribution >= 4 is 33.4 Å². The molecule has 1 aliphatic rings. The summed E-state index contributed by atoms with van der Waals surface area (Å²) < 4.78 is 1.66. The highest BCUT2D eigenvalue weighted by molar-refractivity contribution is 8.26. The number of azo groups is 1. The molecule has 0 radical (unpaired) electrons. The Morgan fingerprint density at radius 1 is 1.14 bits per heavy atom. The maximum Gasteiger partial charge on any atom is 0.218 e. The molecule has 3 rings (SSSR count). The number of aliphatic imine (C=N–C) groups is 1. The second-order valence-electron chi connectivity index (χ2n) is 5.04. The molecule has 0 atom stereocenters. The van der Waals surface area contributed by atoms with Crippen molar-refractivity contribution in [2.45, 2.75) is 20.8 Å². The van der Waals surface area contributed by atoms with Gasteiger partial charge in [-0.15, -0.1) is 5.11 Å². The molecular weight excluding hydrogens is 298 g/mol. The lowest BCUT2D eigenvalue weighted by atomic mass is 10.2. The minimum Gasteiger partial charge on any atom is -0.285 e. The van der Waals surface area contributed by atoms with Crippen LogP contribution in [0.2, 0.25) is 0 Å². The Morgan fingerprint density at radius 2 is 1.86 bits per heavy atom. The highest BCUT2D eigenvalue weighted by Crippen LogP contribution is 2.28. The van der Waals surface area contributed by atoms with Gasteiger partial charge in [0.1, 0.15) is 12.2 Å². The van der Waals surface area contributed by atoms with Crippen molar-refractivity contribution in [3.8, 4) is 0 Å². The van der Waals surface area contributed by atoms with Crippen molar-refractivity contribution in [1.82, 2.24) is 9.78 Å². The maximum absolute atomic E-state index is 11.3. The quantitative estimate of drug-likeness (QED) is 0.794. The fraction of sp³-hybridized carbons (Fsp3) is 0.267. The van der Waals surface area contributed by atoms with Gasteiger partial charge in [0.25, 0.3) is 0 Å². The van der Waals surface area contributed by atoms with Crippen LogP contribution in [-0.2, 0) is 4.79 Å². The minimum atomic E-state index is 0.0328. The molecule has 6 nitrogen and oxygen atoms in total. The third-order valence-corrected chi connectivity index (χ3v) is 4.12. The smallest absolute Gasteiger partial charge is 0.218 e. The Hall–Kier alpha value is -2.28. The van der Waals surface area contributed by atoms with E-state index in [2.05, 4.69) is 20.3 Å². The molecule has 22 heavy (non-hydrogen) atoms. The summed E-state index contributed by atoms with van der Waals surface area (Å²) in [7, 11) is 0. The van der Waals surface area contributed by atoms with E-state index in [0.29, 0.717) is 10.9 Å². The zero-order valence-electron chi connectivity index (χ0n) is 12.6. The van der Waals surface area contributed by atoms with E-state index >= 15 is 0 Å². The van der Waals surface area contributed by atoms with Gasteiger partial charge in [-0.2, -0.15) is 10.2 Å². The predicted molar refractivity (Wildman–Crippen MR) is 87.4 cm³/mol. The summed E-state index contributed by atoms with van der Waals surface area (Å²) in [6.45, 7) is 6.00.